The molecule has 1 N–H and O–H groups in total. The Morgan fingerprint density at radius 2 is 2.14 bits per heavy atom. The third-order valence-corrected chi connectivity index (χ3v) is 3.97. The average Bonchev–Trinajstić information content (AvgIpc) is 3.27. The summed E-state index contributed by atoms with van der Waals surface area (Å²) in [4.78, 5) is 15.9. The van der Waals surface area contributed by atoms with Crippen molar-refractivity contribution < 1.29 is 14.3 Å². The lowest BCUT2D eigenvalue weighted by molar-refractivity contribution is -0.146. The van der Waals surface area contributed by atoms with Crippen molar-refractivity contribution in [3.63, 3.8) is 0 Å². The van der Waals surface area contributed by atoms with Gasteiger partial charge in [-0.1, -0.05) is 0 Å². The number of methoxy groups -OCH3 is 1. The van der Waals surface area contributed by atoms with Gasteiger partial charge in [0, 0.05) is 11.1 Å². The Morgan fingerprint density at radius 3 is 2.81 bits per heavy atom. The summed E-state index contributed by atoms with van der Waals surface area (Å²) in [5.41, 5.74) is 1.71. The van der Waals surface area contributed by atoms with E-state index < -0.39 is 0 Å². The smallest absolute Gasteiger partial charge is 0.309 e. The Labute approximate surface area is 126 Å². The number of aromatic nitrogens is 1. The second-order valence-corrected chi connectivity index (χ2v) is 5.74. The van der Waals surface area contributed by atoms with E-state index in [1.165, 1.54) is 11.3 Å². The molecule has 1 aliphatic carbocycles. The largest absolute Gasteiger partial charge is 0.497 e. The van der Waals surface area contributed by atoms with Gasteiger partial charge in [0.15, 0.2) is 5.13 Å². The monoisotopic (exact) mass is 304 g/mol. The SMILES string of the molecule is COc1ccc(Nc2nc(COC(=O)C3CC3)cs2)cc1. The van der Waals surface area contributed by atoms with Gasteiger partial charge in [0.05, 0.1) is 18.7 Å². The van der Waals surface area contributed by atoms with E-state index in [1.807, 2.05) is 29.6 Å². The summed E-state index contributed by atoms with van der Waals surface area (Å²) in [5, 5.41) is 5.88. The summed E-state index contributed by atoms with van der Waals surface area (Å²) in [6.07, 6.45) is 1.92. The number of benzene rings is 1. The number of nitrogens with one attached hydrogen (secondary N) is 1. The first-order valence-electron chi connectivity index (χ1n) is 6.77. The molecule has 0 atom stereocenters. The standard InChI is InChI=1S/C15H16N2O3S/c1-19-13-6-4-11(5-7-13)16-15-17-12(9-21-15)8-20-14(18)10-2-3-10/h4-7,9-10H,2-3,8H2,1H3,(H,16,17). The highest BCUT2D eigenvalue weighted by atomic mass is 32.1. The molecule has 1 aromatic carbocycles. The molecule has 6 heteroatoms. The van der Waals surface area contributed by atoms with E-state index in [4.69, 9.17) is 9.47 Å². The predicted molar refractivity (Wildman–Crippen MR) is 80.9 cm³/mol. The number of carbonyl (C=O) groups excluding carboxylic acids is 1. The van der Waals surface area contributed by atoms with Crippen LogP contribution in [0.5, 0.6) is 5.75 Å². The molecule has 2 aromatic rings. The molecular formula is C15H16N2O3S. The van der Waals surface area contributed by atoms with Crippen LogP contribution in [0.4, 0.5) is 10.8 Å². The maximum absolute atomic E-state index is 11.5. The summed E-state index contributed by atoms with van der Waals surface area (Å²) >= 11 is 1.49. The Bertz CT molecular complexity index is 620. The van der Waals surface area contributed by atoms with Gasteiger partial charge in [-0.15, -0.1) is 11.3 Å². The van der Waals surface area contributed by atoms with Crippen LogP contribution < -0.4 is 10.1 Å². The molecule has 0 saturated heterocycles. The van der Waals surface area contributed by atoms with Gasteiger partial charge in [0.2, 0.25) is 0 Å². The molecule has 110 valence electrons. The molecule has 1 aromatic heterocycles. The van der Waals surface area contributed by atoms with E-state index >= 15 is 0 Å². The highest BCUT2D eigenvalue weighted by Crippen LogP contribution is 2.30. The molecule has 21 heavy (non-hydrogen) atoms. The maximum atomic E-state index is 11.5. The molecule has 0 bridgehead atoms. The summed E-state index contributed by atoms with van der Waals surface area (Å²) in [7, 11) is 1.64. The van der Waals surface area contributed by atoms with Gasteiger partial charge in [-0.3, -0.25) is 4.79 Å². The summed E-state index contributed by atoms with van der Waals surface area (Å²) in [6, 6.07) is 7.61. The van der Waals surface area contributed by atoms with Gasteiger partial charge in [-0.05, 0) is 37.1 Å². The fourth-order valence-electron chi connectivity index (χ4n) is 1.81. The van der Waals surface area contributed by atoms with Crippen LogP contribution in [-0.2, 0) is 16.1 Å². The summed E-state index contributed by atoms with van der Waals surface area (Å²) in [5.74, 6) is 0.834. The second kappa shape index (κ2) is 6.13. The fraction of sp³-hybridized carbons (Fsp3) is 0.333. The molecule has 0 unspecified atom stereocenters. The van der Waals surface area contributed by atoms with Gasteiger partial charge in [0.25, 0.3) is 0 Å². The summed E-state index contributed by atoms with van der Waals surface area (Å²) in [6.45, 7) is 0.246. The number of hydrogen-bond acceptors (Lipinski definition) is 6. The van der Waals surface area contributed by atoms with Gasteiger partial charge in [0.1, 0.15) is 12.4 Å². The highest BCUT2D eigenvalue weighted by molar-refractivity contribution is 7.13. The lowest BCUT2D eigenvalue weighted by Crippen LogP contribution is -2.06. The number of nitrogens with zero attached hydrogens (tertiary/aromatic N) is 1. The topological polar surface area (TPSA) is 60.4 Å². The van der Waals surface area contributed by atoms with E-state index in [2.05, 4.69) is 10.3 Å². The van der Waals surface area contributed by atoms with Crippen molar-refractivity contribution in [2.75, 3.05) is 12.4 Å². The lowest BCUT2D eigenvalue weighted by atomic mass is 10.3. The fourth-order valence-corrected chi connectivity index (χ4v) is 2.53. The number of thiazole rings is 1. The van der Waals surface area contributed by atoms with Crippen LogP contribution in [0, 0.1) is 5.92 Å². The zero-order valence-electron chi connectivity index (χ0n) is 11.7. The van der Waals surface area contributed by atoms with Crippen LogP contribution in [-0.4, -0.2) is 18.1 Å². The van der Waals surface area contributed by atoms with Crippen LogP contribution in [0.1, 0.15) is 18.5 Å². The zero-order chi connectivity index (χ0) is 14.7. The Hall–Kier alpha value is -2.08. The van der Waals surface area contributed by atoms with Crippen molar-refractivity contribution in [2.24, 2.45) is 5.92 Å². The van der Waals surface area contributed by atoms with E-state index in [-0.39, 0.29) is 18.5 Å². The number of rotatable bonds is 6. The molecule has 0 aliphatic heterocycles. The minimum Gasteiger partial charge on any atom is -0.497 e. The van der Waals surface area contributed by atoms with Crippen LogP contribution in [0.3, 0.4) is 0 Å². The number of hydrogen-bond donors (Lipinski definition) is 1. The van der Waals surface area contributed by atoms with E-state index in [0.29, 0.717) is 0 Å². The van der Waals surface area contributed by atoms with E-state index in [1.54, 1.807) is 7.11 Å². The molecule has 0 radical (unpaired) electrons. The first-order chi connectivity index (χ1) is 10.2. The average molecular weight is 304 g/mol. The second-order valence-electron chi connectivity index (χ2n) is 4.88. The van der Waals surface area contributed by atoms with Crippen LogP contribution in [0.25, 0.3) is 0 Å². The van der Waals surface area contributed by atoms with Crippen LogP contribution >= 0.6 is 11.3 Å². The van der Waals surface area contributed by atoms with Crippen molar-refractivity contribution >= 4 is 28.1 Å². The molecule has 1 heterocycles. The molecule has 3 rings (SSSR count). The molecule has 5 nitrogen and oxygen atoms in total. The van der Waals surface area contributed by atoms with Gasteiger partial charge in [-0.2, -0.15) is 0 Å². The quantitative estimate of drug-likeness (QED) is 0.829. The molecular weight excluding hydrogens is 288 g/mol. The van der Waals surface area contributed by atoms with Crippen molar-refractivity contribution in [3.05, 3.63) is 35.3 Å². The Kier molecular flexibility index (Phi) is 4.06. The first kappa shape index (κ1) is 13.9. The minimum atomic E-state index is -0.104. The van der Waals surface area contributed by atoms with Crippen LogP contribution in [0.2, 0.25) is 0 Å². The minimum absolute atomic E-state index is 0.104. The molecule has 0 amide bonds. The maximum Gasteiger partial charge on any atom is 0.309 e. The Balaban J connectivity index is 1.54. The van der Waals surface area contributed by atoms with Gasteiger partial charge >= 0.3 is 5.97 Å². The van der Waals surface area contributed by atoms with Crippen molar-refractivity contribution in [3.8, 4) is 5.75 Å². The molecule has 1 fully saturated rings. The Morgan fingerprint density at radius 1 is 1.38 bits per heavy atom. The van der Waals surface area contributed by atoms with Crippen LogP contribution in [0.15, 0.2) is 29.6 Å². The lowest BCUT2D eigenvalue weighted by Gasteiger charge is -2.04. The number of ether oxygens (including phenoxy) is 2. The summed E-state index contributed by atoms with van der Waals surface area (Å²) < 4.78 is 10.3. The van der Waals surface area contributed by atoms with Gasteiger partial charge < -0.3 is 14.8 Å². The predicted octanol–water partition coefficient (Wildman–Crippen LogP) is 3.35. The number of anilines is 2. The first-order valence-corrected chi connectivity index (χ1v) is 7.64. The molecule has 0 spiro atoms. The van der Waals surface area contributed by atoms with E-state index in [9.17, 15) is 4.79 Å². The highest BCUT2D eigenvalue weighted by Gasteiger charge is 2.31. The molecule has 1 saturated carbocycles. The third kappa shape index (κ3) is 3.72. The van der Waals surface area contributed by atoms with Crippen molar-refractivity contribution in [1.82, 2.24) is 4.98 Å². The van der Waals surface area contributed by atoms with Gasteiger partial charge in [-0.25, -0.2) is 4.98 Å². The molecule has 1 aliphatic rings. The van der Waals surface area contributed by atoms with Crippen molar-refractivity contribution in [2.45, 2.75) is 19.4 Å². The number of carbonyl (C=O) groups is 1. The van der Waals surface area contributed by atoms with Crippen molar-refractivity contribution in [1.29, 1.82) is 0 Å². The normalized spacial score (nSPS) is 13.8. The zero-order valence-corrected chi connectivity index (χ0v) is 12.5. The number of esters is 1. The third-order valence-electron chi connectivity index (χ3n) is 3.17. The van der Waals surface area contributed by atoms with E-state index in [0.717, 1.165) is 35.1 Å².